The first-order valence-corrected chi connectivity index (χ1v) is 8.27. The number of Topliss-reactive ketones (excluding diaryl/α,β-unsaturated/α-hetero) is 1. The van der Waals surface area contributed by atoms with Gasteiger partial charge in [-0.1, -0.05) is 0 Å². The van der Waals surface area contributed by atoms with E-state index in [1.807, 2.05) is 4.90 Å². The lowest BCUT2D eigenvalue weighted by Crippen LogP contribution is -2.36. The second-order valence-electron chi connectivity index (χ2n) is 6.76. The molecule has 2 rings (SSSR count). The number of halogens is 3. The van der Waals surface area contributed by atoms with Crippen molar-refractivity contribution in [1.82, 2.24) is 9.47 Å². The van der Waals surface area contributed by atoms with Crippen LogP contribution in [-0.2, 0) is 6.54 Å². The lowest BCUT2D eigenvalue weighted by molar-refractivity contribution is -0.141. The maximum absolute atomic E-state index is 12.7. The number of alkyl halides is 3. The number of hydrogen-bond acceptors (Lipinski definition) is 3. The molecule has 0 aromatic carbocycles. The molecule has 2 unspecified atom stereocenters. The molecule has 2 atom stereocenters. The number of aryl methyl sites for hydroxylation is 1. The summed E-state index contributed by atoms with van der Waals surface area (Å²) >= 11 is 0. The molecule has 0 radical (unpaired) electrons. The van der Waals surface area contributed by atoms with E-state index in [0.717, 1.165) is 24.0 Å². The summed E-state index contributed by atoms with van der Waals surface area (Å²) in [6.45, 7) is 4.76. The van der Waals surface area contributed by atoms with E-state index in [4.69, 9.17) is 0 Å². The van der Waals surface area contributed by atoms with Gasteiger partial charge in [-0.05, 0) is 52.6 Å². The van der Waals surface area contributed by atoms with E-state index in [1.54, 1.807) is 26.8 Å². The van der Waals surface area contributed by atoms with Crippen LogP contribution in [0.5, 0.6) is 0 Å². The Morgan fingerprint density at radius 1 is 1.42 bits per heavy atom. The highest BCUT2D eigenvalue weighted by Crippen LogP contribution is 2.25. The number of carbonyl (C=O) groups excluding carboxylic acids is 1. The molecule has 1 saturated heterocycles. The maximum Gasteiger partial charge on any atom is 0.406 e. The van der Waals surface area contributed by atoms with E-state index in [9.17, 15) is 23.1 Å². The number of rotatable bonds is 6. The number of hydrogen-bond donors (Lipinski definition) is 1. The van der Waals surface area contributed by atoms with Crippen molar-refractivity contribution in [2.24, 2.45) is 0 Å². The van der Waals surface area contributed by atoms with Crippen LogP contribution in [-0.4, -0.2) is 51.8 Å². The van der Waals surface area contributed by atoms with Crippen LogP contribution >= 0.6 is 0 Å². The van der Waals surface area contributed by atoms with Gasteiger partial charge < -0.3 is 9.67 Å². The van der Waals surface area contributed by atoms with Crippen LogP contribution in [0.15, 0.2) is 6.07 Å². The smallest absolute Gasteiger partial charge is 0.393 e. The number of likely N-dealkylation sites (tertiary alicyclic amines) is 1. The van der Waals surface area contributed by atoms with Gasteiger partial charge in [0.25, 0.3) is 0 Å². The Bertz CT molecular complexity index is 593. The summed E-state index contributed by atoms with van der Waals surface area (Å²) in [4.78, 5) is 14.6. The first kappa shape index (κ1) is 19.0. The van der Waals surface area contributed by atoms with Gasteiger partial charge >= 0.3 is 6.18 Å². The average Bonchev–Trinajstić information content (AvgIpc) is 2.96. The molecule has 0 bridgehead atoms. The second-order valence-corrected chi connectivity index (χ2v) is 6.76. The van der Waals surface area contributed by atoms with Gasteiger partial charge in [0.15, 0.2) is 5.78 Å². The van der Waals surface area contributed by atoms with Gasteiger partial charge in [-0.2, -0.15) is 13.2 Å². The highest BCUT2D eigenvalue weighted by molar-refractivity contribution is 5.99. The van der Waals surface area contributed by atoms with E-state index in [0.29, 0.717) is 23.4 Å². The van der Waals surface area contributed by atoms with Crippen molar-refractivity contribution in [3.63, 3.8) is 0 Å². The van der Waals surface area contributed by atoms with E-state index in [-0.39, 0.29) is 18.4 Å². The maximum atomic E-state index is 12.7. The predicted molar refractivity (Wildman–Crippen MR) is 85.2 cm³/mol. The number of aliphatic hydroxyl groups excluding tert-OH is 1. The Labute approximate surface area is 140 Å². The highest BCUT2D eigenvalue weighted by Gasteiger charge is 2.31. The molecule has 1 aliphatic heterocycles. The minimum Gasteiger partial charge on any atom is -0.393 e. The molecule has 24 heavy (non-hydrogen) atoms. The molecule has 136 valence electrons. The zero-order valence-electron chi connectivity index (χ0n) is 14.4. The van der Waals surface area contributed by atoms with E-state index in [1.165, 1.54) is 0 Å². The normalized spacial score (nSPS) is 20.5. The second kappa shape index (κ2) is 7.27. The Hall–Kier alpha value is -1.34. The zero-order chi connectivity index (χ0) is 18.1. The van der Waals surface area contributed by atoms with E-state index >= 15 is 0 Å². The molecule has 0 saturated carbocycles. The third-order valence-corrected chi connectivity index (χ3v) is 4.67. The molecule has 1 aromatic heterocycles. The fourth-order valence-corrected chi connectivity index (χ4v) is 3.54. The topological polar surface area (TPSA) is 45.5 Å². The van der Waals surface area contributed by atoms with Gasteiger partial charge in [-0.15, -0.1) is 0 Å². The Morgan fingerprint density at radius 3 is 2.67 bits per heavy atom. The molecule has 1 aliphatic rings. The molecule has 7 heteroatoms. The minimum atomic E-state index is -4.31. The number of carbonyl (C=O) groups is 1. The number of aromatic nitrogens is 1. The first-order valence-electron chi connectivity index (χ1n) is 8.27. The van der Waals surface area contributed by atoms with Crippen LogP contribution < -0.4 is 0 Å². The van der Waals surface area contributed by atoms with Crippen LogP contribution in [0.25, 0.3) is 0 Å². The first-order chi connectivity index (χ1) is 11.1. The predicted octanol–water partition coefficient (Wildman–Crippen LogP) is 3.09. The summed E-state index contributed by atoms with van der Waals surface area (Å²) in [6.07, 6.45) is -2.22. The minimum absolute atomic E-state index is 0.158. The lowest BCUT2D eigenvalue weighted by atomic mass is 10.1. The zero-order valence-corrected chi connectivity index (χ0v) is 14.4. The van der Waals surface area contributed by atoms with Crippen LogP contribution in [0, 0.1) is 13.8 Å². The van der Waals surface area contributed by atoms with Gasteiger partial charge in [0, 0.05) is 23.0 Å². The van der Waals surface area contributed by atoms with Crippen molar-refractivity contribution in [3.8, 4) is 0 Å². The van der Waals surface area contributed by atoms with Gasteiger partial charge in [0.05, 0.1) is 12.6 Å². The third-order valence-electron chi connectivity index (χ3n) is 4.67. The van der Waals surface area contributed by atoms with Crippen molar-refractivity contribution in [1.29, 1.82) is 0 Å². The molecule has 1 aromatic rings. The van der Waals surface area contributed by atoms with Crippen molar-refractivity contribution in [2.45, 2.75) is 64.9 Å². The van der Waals surface area contributed by atoms with Gasteiger partial charge in [-0.25, -0.2) is 0 Å². The summed E-state index contributed by atoms with van der Waals surface area (Å²) in [6, 6.07) is 1.70. The Kier molecular flexibility index (Phi) is 5.75. The van der Waals surface area contributed by atoms with E-state index < -0.39 is 18.8 Å². The largest absolute Gasteiger partial charge is 0.406 e. The Balaban J connectivity index is 2.11. The highest BCUT2D eigenvalue weighted by atomic mass is 19.4. The fraction of sp³-hybridized carbons (Fsp3) is 0.706. The molecule has 2 heterocycles. The van der Waals surface area contributed by atoms with Gasteiger partial charge in [0.2, 0.25) is 0 Å². The van der Waals surface area contributed by atoms with Crippen molar-refractivity contribution >= 4 is 5.78 Å². The average molecular weight is 346 g/mol. The lowest BCUT2D eigenvalue weighted by Gasteiger charge is -2.24. The van der Waals surface area contributed by atoms with Crippen molar-refractivity contribution < 1.29 is 23.1 Å². The van der Waals surface area contributed by atoms with Crippen molar-refractivity contribution in [2.75, 3.05) is 13.1 Å². The molecule has 1 fully saturated rings. The molecule has 0 amide bonds. The van der Waals surface area contributed by atoms with Crippen molar-refractivity contribution in [3.05, 3.63) is 23.0 Å². The van der Waals surface area contributed by atoms with E-state index in [2.05, 4.69) is 0 Å². The molecule has 1 N–H and O–H groups in total. The number of ketones is 1. The summed E-state index contributed by atoms with van der Waals surface area (Å²) in [7, 11) is 0. The van der Waals surface area contributed by atoms with Crippen LogP contribution in [0.3, 0.4) is 0 Å². The number of nitrogens with zero attached hydrogens (tertiary/aromatic N) is 2. The van der Waals surface area contributed by atoms with Crippen LogP contribution in [0.1, 0.15) is 47.9 Å². The van der Waals surface area contributed by atoms with Gasteiger partial charge in [0.1, 0.15) is 6.54 Å². The summed E-state index contributed by atoms with van der Waals surface area (Å²) < 4.78 is 39.2. The summed E-state index contributed by atoms with van der Waals surface area (Å²) in [5.41, 5.74) is 1.16. The third kappa shape index (κ3) is 4.60. The molecular weight excluding hydrogens is 321 g/mol. The number of aliphatic hydroxyl groups is 1. The summed E-state index contributed by atoms with van der Waals surface area (Å²) in [5, 5.41) is 9.55. The Morgan fingerprint density at radius 2 is 2.08 bits per heavy atom. The standard InChI is InChI=1S/C17H25F3N2O2/c1-11-7-15(13(3)22(11)10-17(18,19)20)16(24)9-21-6-4-5-14(21)8-12(2)23/h7,12,14,23H,4-6,8-10H2,1-3H3. The molecular formula is C17H25F3N2O2. The SMILES string of the molecule is Cc1cc(C(=O)CN2CCCC2CC(C)O)c(C)n1CC(F)(F)F. The van der Waals surface area contributed by atoms with Gasteiger partial charge in [-0.3, -0.25) is 9.69 Å². The quantitative estimate of drug-likeness (QED) is 0.805. The van der Waals surface area contributed by atoms with Crippen LogP contribution in [0.2, 0.25) is 0 Å². The molecule has 0 aliphatic carbocycles. The monoisotopic (exact) mass is 346 g/mol. The molecule has 0 spiro atoms. The summed E-state index contributed by atoms with van der Waals surface area (Å²) in [5.74, 6) is -0.158. The van der Waals surface area contributed by atoms with Crippen LogP contribution in [0.4, 0.5) is 13.2 Å². The molecule has 4 nitrogen and oxygen atoms in total. The fourth-order valence-electron chi connectivity index (χ4n) is 3.54.